The van der Waals surface area contributed by atoms with Crippen molar-refractivity contribution < 1.29 is 135 Å². The Morgan fingerprint density at radius 2 is 1.33 bits per heavy atom. The highest BCUT2D eigenvalue weighted by molar-refractivity contribution is 7.86. The second-order valence-electron chi connectivity index (χ2n) is 29.9. The molecular weight excluding hydrogens is 1630 g/mol. The van der Waals surface area contributed by atoms with Gasteiger partial charge >= 0.3 is 12.1 Å². The molecule has 6 aromatic rings. The van der Waals surface area contributed by atoms with Gasteiger partial charge in [0, 0.05) is 29.2 Å². The van der Waals surface area contributed by atoms with Gasteiger partial charge < -0.3 is 127 Å². The van der Waals surface area contributed by atoms with Crippen LogP contribution in [0.25, 0.3) is 11.1 Å². The molecule has 119 heavy (non-hydrogen) atoms. The summed E-state index contributed by atoms with van der Waals surface area (Å²) in [5, 5.41) is 125. The molecule has 7 heterocycles. The molecule has 37 nitrogen and oxygen atoms in total. The van der Waals surface area contributed by atoms with Crippen molar-refractivity contribution in [2.24, 2.45) is 11.7 Å². The number of carbonyl (C=O) groups excluding carboxylic acids is 8. The minimum absolute atomic E-state index is 0.137. The number of hydrogen-bond acceptors (Lipinski definition) is 28. The van der Waals surface area contributed by atoms with E-state index in [2.05, 4.69) is 49.1 Å². The number of aliphatic carboxylic acids is 1. The van der Waals surface area contributed by atoms with Gasteiger partial charge in [0.1, 0.15) is 102 Å². The number of aryl methyl sites for hydroxylation is 3. The van der Waals surface area contributed by atoms with Gasteiger partial charge in [-0.1, -0.05) is 85.6 Å². The van der Waals surface area contributed by atoms with Crippen LogP contribution >= 0.6 is 23.2 Å². The summed E-state index contributed by atoms with van der Waals surface area (Å²) in [6.07, 6.45) is -21.0. The van der Waals surface area contributed by atoms with E-state index in [1.165, 1.54) is 46.9 Å². The Bertz CT molecular complexity index is 5100. The first-order valence-electron chi connectivity index (χ1n) is 37.2. The number of primary amides is 1. The third kappa shape index (κ3) is 19.5. The highest BCUT2D eigenvalue weighted by atomic mass is 35.5. The molecule has 19 N–H and O–H groups in total. The van der Waals surface area contributed by atoms with Crippen LogP contribution in [0.1, 0.15) is 122 Å². The molecular formula is C79H89Cl2N9O28S. The number of aliphatic hydroxyl groups is 5. The molecule has 7 aliphatic rings. The summed E-state index contributed by atoms with van der Waals surface area (Å²) in [7, 11) is -3.35. The molecule has 0 aliphatic carbocycles. The highest BCUT2D eigenvalue weighted by Crippen LogP contribution is 2.50. The van der Waals surface area contributed by atoms with Crippen molar-refractivity contribution in [1.82, 2.24) is 42.5 Å². The van der Waals surface area contributed by atoms with Crippen LogP contribution in [-0.4, -0.2) is 207 Å². The number of phenolic OH excluding ortho intramolecular Hbond substituents is 3. The van der Waals surface area contributed by atoms with E-state index in [9.17, 15) is 73.6 Å². The van der Waals surface area contributed by atoms with Crippen molar-refractivity contribution in [2.75, 3.05) is 20.3 Å². The first-order chi connectivity index (χ1) is 56.1. The number of fused-ring (bicyclic) bond motifs is 15. The van der Waals surface area contributed by atoms with Crippen LogP contribution in [-0.2, 0) is 71.6 Å². The maximum atomic E-state index is 16.3. The predicted molar refractivity (Wildman–Crippen MR) is 416 cm³/mol. The number of ether oxygens (including phenoxy) is 7. The third-order valence-corrected chi connectivity index (χ3v) is 22.7. The van der Waals surface area contributed by atoms with Crippen LogP contribution in [0.15, 0.2) is 109 Å². The third-order valence-electron chi connectivity index (χ3n) is 20.5. The molecule has 10 unspecified atom stereocenters. The Labute approximate surface area is 689 Å². The van der Waals surface area contributed by atoms with E-state index in [1.54, 1.807) is 32.9 Å². The number of benzene rings is 6. The molecule has 11 bridgehead atoms. The van der Waals surface area contributed by atoms with Crippen molar-refractivity contribution in [1.29, 1.82) is 0 Å². The van der Waals surface area contributed by atoms with E-state index in [4.69, 9.17) is 66.3 Å². The fourth-order valence-electron chi connectivity index (χ4n) is 14.8. The Morgan fingerprint density at radius 1 is 0.723 bits per heavy atom. The zero-order chi connectivity index (χ0) is 86.9. The van der Waals surface area contributed by atoms with Crippen molar-refractivity contribution in [3.8, 4) is 57.1 Å². The maximum absolute atomic E-state index is 16.3. The predicted octanol–water partition coefficient (Wildman–Crippen LogP) is 3.40. The number of amides is 8. The van der Waals surface area contributed by atoms with Gasteiger partial charge in [-0.2, -0.15) is 8.42 Å². The Balaban J connectivity index is 1.17. The summed E-state index contributed by atoms with van der Waals surface area (Å²) < 4.78 is 79.0. The number of hydrogen-bond donors (Lipinski definition) is 18. The summed E-state index contributed by atoms with van der Waals surface area (Å²) in [5.41, 5.74) is 2.12. The lowest BCUT2D eigenvalue weighted by atomic mass is 9.85. The molecule has 40 heteroatoms. The van der Waals surface area contributed by atoms with Gasteiger partial charge in [0.15, 0.2) is 29.9 Å². The number of aliphatic hydroxyl groups excluding tert-OH is 5. The second-order valence-corrected chi connectivity index (χ2v) is 32.3. The van der Waals surface area contributed by atoms with Crippen LogP contribution in [0.4, 0.5) is 4.79 Å². The number of carboxylic acid groups (broad SMARTS) is 1. The fraction of sp³-hybridized carbons (Fsp3) is 0.405. The SMILES string of the molecule is C=CCOC(=O)NC1(C)CC(OC2C(Oc3c4cc5cc3Oc3ccc(cc3Cl)[C@@H](O)[C@@H](NC(=O)[C@@H](CC(C)C)NC)C(=O)N[C@@H](CC(N)=O)C(=O)N[C@H]5C(=O)NC3C(=O)N[C@H](C(=O)N[C@H](C(=O)O)c5cc(O)cc(O)c5-c5cc3ccc5O)[C@H](O)c3ccc(c(Cl)c3)O4)OC(COS(=O)(=O)c3c(C)cc(C)cc3C)C(O)C2O)OC(C)C1O. The number of likely N-dealkylation sites (N-methyl/N-ethyl adjacent to an activating group) is 1. The number of nitrogens with one attached hydrogen (secondary N) is 8. The number of phenols is 3. The number of aromatic hydroxyl groups is 3. The van der Waals surface area contributed by atoms with E-state index in [0.717, 1.165) is 72.8 Å². The van der Waals surface area contributed by atoms with Gasteiger partial charge in [0.25, 0.3) is 10.1 Å². The van der Waals surface area contributed by atoms with Crippen LogP contribution in [0.5, 0.6) is 46.0 Å². The molecule has 0 saturated carbocycles. The van der Waals surface area contributed by atoms with E-state index >= 15 is 24.0 Å². The van der Waals surface area contributed by atoms with Gasteiger partial charge in [0.05, 0.1) is 45.7 Å². The molecule has 6 aromatic carbocycles. The lowest BCUT2D eigenvalue weighted by Gasteiger charge is -2.48. The molecule has 638 valence electrons. The van der Waals surface area contributed by atoms with Crippen LogP contribution in [0.3, 0.4) is 0 Å². The second kappa shape index (κ2) is 36.3. The molecule has 18 atom stereocenters. The Morgan fingerprint density at radius 3 is 1.92 bits per heavy atom. The summed E-state index contributed by atoms with van der Waals surface area (Å²) in [6.45, 7) is 13.3. The topological polar surface area (TPSA) is 566 Å². The first kappa shape index (κ1) is 88.8. The summed E-state index contributed by atoms with van der Waals surface area (Å²) in [6, 6.07) is 1.55. The van der Waals surface area contributed by atoms with Gasteiger partial charge in [0.2, 0.25) is 53.4 Å². The molecule has 2 fully saturated rings. The molecule has 0 aromatic heterocycles. The molecule has 0 spiro atoms. The Hall–Kier alpha value is -11.0. The van der Waals surface area contributed by atoms with E-state index in [0.29, 0.717) is 5.56 Å². The monoisotopic (exact) mass is 1710 g/mol. The largest absolute Gasteiger partial charge is 0.508 e. The maximum Gasteiger partial charge on any atom is 0.407 e. The highest BCUT2D eigenvalue weighted by Gasteiger charge is 2.53. The number of rotatable bonds is 19. The van der Waals surface area contributed by atoms with E-state index in [-0.39, 0.29) is 46.1 Å². The van der Waals surface area contributed by atoms with Gasteiger partial charge in [-0.15, -0.1) is 0 Å². The van der Waals surface area contributed by atoms with Crippen LogP contribution in [0, 0.1) is 26.7 Å². The molecule has 2 saturated heterocycles. The molecule has 8 amide bonds. The minimum atomic E-state index is -4.81. The minimum Gasteiger partial charge on any atom is -0.508 e. The zero-order valence-electron chi connectivity index (χ0n) is 64.9. The van der Waals surface area contributed by atoms with Crippen molar-refractivity contribution in [3.05, 3.63) is 158 Å². The number of carbonyl (C=O) groups is 9. The number of halogens is 2. The standard InChI is InChI=1S/C79H89Cl2N9O28S/c1-10-17-111-78(108)90-79(8)29-55(113-35(7)69(79)99)117-67-65(98)64(97)53(30-112-119(109,110)68-33(5)19-32(4)20-34(68)6)116-77(67)118-66-51-24-39-25-52(66)115-50-16-13-38(23-44(50)81)63(96)61-75(105)87-59(76(106)107)42-26-40(91)27-48(93)56(42)41-21-36(11-14-47(41)92)57(72(102)89-61)86-73(103)58(39)85-71(101)46(28-54(82)94)84-74(104)60(88-70(100)45(83-9)18-31(2)3)62(95)37-12-15-49(114-51)43(80)22-37/h10-16,19-27,31,35,45-46,53,55,57-65,67,69,77,83,91-93,95-99H,1,17-18,28-30H2,2-9H3,(H2,82,94)(H,84,104)(H,85,101)(H,86,103)(H,87,105)(H,88,100)(H,89,102)(H,90,108)(H,106,107)/t35?,45-,46+,53?,55?,57?,58-,59+,60-,61+,62-,63-,64?,65?,67?,69?,77?,79?/m1/s1. The van der Waals surface area contributed by atoms with Crippen molar-refractivity contribution in [2.45, 2.75) is 182 Å². The zero-order valence-corrected chi connectivity index (χ0v) is 67.2. The van der Waals surface area contributed by atoms with Crippen molar-refractivity contribution in [3.63, 3.8) is 0 Å². The fourth-order valence-corrected chi connectivity index (χ4v) is 16.5. The summed E-state index contributed by atoms with van der Waals surface area (Å²) in [4.78, 5) is 131. The van der Waals surface area contributed by atoms with Crippen LogP contribution in [0.2, 0.25) is 10.0 Å². The molecule has 13 rings (SSSR count). The normalized spacial score (nSPS) is 26.8. The van der Waals surface area contributed by atoms with Crippen LogP contribution < -0.4 is 62.5 Å². The van der Waals surface area contributed by atoms with E-state index < -0.39 is 276 Å². The number of carboxylic acids is 1. The summed E-state index contributed by atoms with van der Waals surface area (Å²) >= 11 is 14.3. The summed E-state index contributed by atoms with van der Waals surface area (Å²) in [5.74, 6) is -17.0. The average Bonchev–Trinajstić information content (AvgIpc) is 0.760. The van der Waals surface area contributed by atoms with Gasteiger partial charge in [-0.05, 0) is 142 Å². The Kier molecular flexibility index (Phi) is 27.1. The molecule has 7 aliphatic heterocycles. The van der Waals surface area contributed by atoms with E-state index in [1.807, 2.05) is 0 Å². The first-order valence-corrected chi connectivity index (χ1v) is 39.3. The van der Waals surface area contributed by atoms with Gasteiger partial charge in [-0.3, -0.25) is 37.7 Å². The quantitative estimate of drug-likeness (QED) is 0.0408. The lowest BCUT2D eigenvalue weighted by Crippen LogP contribution is -2.66. The van der Waals surface area contributed by atoms with Crippen molar-refractivity contribution >= 4 is 86.7 Å². The smallest absolute Gasteiger partial charge is 0.407 e. The molecule has 0 radical (unpaired) electrons. The average molecular weight is 1720 g/mol. The van der Waals surface area contributed by atoms with Gasteiger partial charge in [-0.25, -0.2) is 9.59 Å². The lowest BCUT2D eigenvalue weighted by molar-refractivity contribution is -0.333. The number of alkyl carbamates (subject to hydrolysis) is 1. The number of nitrogens with two attached hydrogens (primary N) is 1.